The summed E-state index contributed by atoms with van der Waals surface area (Å²) in [6, 6.07) is 3.86. The number of rotatable bonds is 1. The quantitative estimate of drug-likeness (QED) is 0.648. The maximum Gasteiger partial charge on any atom is 0.138 e. The zero-order valence-electron chi connectivity index (χ0n) is 8.58. The number of aromatic nitrogens is 4. The monoisotopic (exact) mass is 231 g/mol. The van der Waals surface area contributed by atoms with Crippen LogP contribution in [0.5, 0.6) is 0 Å². The van der Waals surface area contributed by atoms with Gasteiger partial charge in [0.1, 0.15) is 12.7 Å². The molecule has 0 unspecified atom stereocenters. The lowest BCUT2D eigenvalue weighted by molar-refractivity contribution is 0.882. The minimum Gasteiger partial charge on any atom is -0.397 e. The third-order valence-electron chi connectivity index (χ3n) is 2.31. The van der Waals surface area contributed by atoms with Crippen LogP contribution < -0.4 is 5.73 Å². The molecular formula is C10H9N5S. The fourth-order valence-corrected chi connectivity index (χ4v) is 2.48. The summed E-state index contributed by atoms with van der Waals surface area (Å²) in [7, 11) is 0. The van der Waals surface area contributed by atoms with Crippen molar-refractivity contribution >= 4 is 27.2 Å². The van der Waals surface area contributed by atoms with Crippen molar-refractivity contribution in [1.29, 1.82) is 0 Å². The van der Waals surface area contributed by atoms with Gasteiger partial charge in [-0.25, -0.2) is 14.6 Å². The topological polar surface area (TPSA) is 69.6 Å². The summed E-state index contributed by atoms with van der Waals surface area (Å²) in [5.41, 5.74) is 8.42. The summed E-state index contributed by atoms with van der Waals surface area (Å²) in [4.78, 5) is 8.33. The lowest BCUT2D eigenvalue weighted by Crippen LogP contribution is -1.99. The molecule has 0 radical (unpaired) electrons. The van der Waals surface area contributed by atoms with E-state index in [0.29, 0.717) is 5.69 Å². The SMILES string of the molecule is Cc1nc2cc(-n3cncn3)c(N)cc2s1. The van der Waals surface area contributed by atoms with Crippen LogP contribution in [0.25, 0.3) is 15.9 Å². The van der Waals surface area contributed by atoms with Gasteiger partial charge in [-0.3, -0.25) is 0 Å². The van der Waals surface area contributed by atoms with Crippen LogP contribution in [0.1, 0.15) is 5.01 Å². The average Bonchev–Trinajstić information content (AvgIpc) is 2.83. The number of nitrogens with zero attached hydrogens (tertiary/aromatic N) is 4. The molecule has 1 aromatic carbocycles. The van der Waals surface area contributed by atoms with Crippen molar-refractivity contribution in [2.24, 2.45) is 0 Å². The molecule has 2 aromatic heterocycles. The van der Waals surface area contributed by atoms with Crippen molar-refractivity contribution in [1.82, 2.24) is 19.7 Å². The number of hydrogen-bond acceptors (Lipinski definition) is 5. The van der Waals surface area contributed by atoms with Gasteiger partial charge in [0.2, 0.25) is 0 Å². The Labute approximate surface area is 95.6 Å². The molecule has 5 nitrogen and oxygen atoms in total. The first-order valence-electron chi connectivity index (χ1n) is 4.76. The molecule has 0 aliphatic heterocycles. The Kier molecular flexibility index (Phi) is 1.90. The molecule has 0 saturated carbocycles. The van der Waals surface area contributed by atoms with Crippen molar-refractivity contribution < 1.29 is 0 Å². The number of nitrogen functional groups attached to an aromatic ring is 1. The number of aryl methyl sites for hydroxylation is 1. The highest BCUT2D eigenvalue weighted by molar-refractivity contribution is 7.18. The Morgan fingerprint density at radius 3 is 3.00 bits per heavy atom. The lowest BCUT2D eigenvalue weighted by atomic mass is 10.2. The number of benzene rings is 1. The standard InChI is InChI=1S/C10H9N5S/c1-6-14-8-3-9(15-5-12-4-13-15)7(11)2-10(8)16-6/h2-5H,11H2,1H3. The van der Waals surface area contributed by atoms with E-state index in [0.717, 1.165) is 20.9 Å². The van der Waals surface area contributed by atoms with Gasteiger partial charge < -0.3 is 5.73 Å². The van der Waals surface area contributed by atoms with Gasteiger partial charge in [-0.1, -0.05) is 0 Å². The fraction of sp³-hybridized carbons (Fsp3) is 0.100. The van der Waals surface area contributed by atoms with Crippen LogP contribution in [0.3, 0.4) is 0 Å². The molecule has 0 saturated heterocycles. The Balaban J connectivity index is 2.29. The first kappa shape index (κ1) is 9.29. The van der Waals surface area contributed by atoms with Crippen LogP contribution in [-0.2, 0) is 0 Å². The first-order valence-corrected chi connectivity index (χ1v) is 5.57. The van der Waals surface area contributed by atoms with E-state index in [1.165, 1.54) is 6.33 Å². The third-order valence-corrected chi connectivity index (χ3v) is 3.24. The second kappa shape index (κ2) is 3.28. The van der Waals surface area contributed by atoms with Crippen molar-refractivity contribution in [2.75, 3.05) is 5.73 Å². The smallest absolute Gasteiger partial charge is 0.138 e. The molecule has 0 spiro atoms. The molecule has 16 heavy (non-hydrogen) atoms. The molecule has 2 heterocycles. The van der Waals surface area contributed by atoms with E-state index in [9.17, 15) is 0 Å². The summed E-state index contributed by atoms with van der Waals surface area (Å²) >= 11 is 1.64. The van der Waals surface area contributed by atoms with Gasteiger partial charge in [-0.15, -0.1) is 11.3 Å². The van der Waals surface area contributed by atoms with E-state index < -0.39 is 0 Å². The van der Waals surface area contributed by atoms with Gasteiger partial charge in [0.15, 0.2) is 0 Å². The Hall–Kier alpha value is -1.95. The zero-order chi connectivity index (χ0) is 11.1. The molecule has 0 bridgehead atoms. The Morgan fingerprint density at radius 1 is 1.38 bits per heavy atom. The van der Waals surface area contributed by atoms with Gasteiger partial charge in [0, 0.05) is 0 Å². The van der Waals surface area contributed by atoms with E-state index in [1.807, 2.05) is 19.1 Å². The zero-order valence-corrected chi connectivity index (χ0v) is 9.40. The summed E-state index contributed by atoms with van der Waals surface area (Å²) in [5.74, 6) is 0. The molecule has 0 aliphatic rings. The molecule has 3 aromatic rings. The van der Waals surface area contributed by atoms with Crippen LogP contribution >= 0.6 is 11.3 Å². The molecule has 0 amide bonds. The highest BCUT2D eigenvalue weighted by Gasteiger charge is 2.07. The van der Waals surface area contributed by atoms with E-state index >= 15 is 0 Å². The van der Waals surface area contributed by atoms with E-state index in [1.54, 1.807) is 22.3 Å². The summed E-state index contributed by atoms with van der Waals surface area (Å²) in [6.45, 7) is 1.98. The van der Waals surface area contributed by atoms with Crippen LogP contribution in [0.4, 0.5) is 5.69 Å². The maximum absolute atomic E-state index is 5.98. The minimum atomic E-state index is 0.682. The number of anilines is 1. The van der Waals surface area contributed by atoms with E-state index in [-0.39, 0.29) is 0 Å². The van der Waals surface area contributed by atoms with Crippen LogP contribution in [-0.4, -0.2) is 19.7 Å². The van der Waals surface area contributed by atoms with Crippen molar-refractivity contribution in [3.05, 3.63) is 29.8 Å². The van der Waals surface area contributed by atoms with Gasteiger partial charge in [-0.2, -0.15) is 5.10 Å². The predicted molar refractivity (Wildman–Crippen MR) is 63.7 cm³/mol. The molecule has 80 valence electrons. The molecule has 3 rings (SSSR count). The normalized spacial score (nSPS) is 11.1. The molecule has 0 atom stereocenters. The highest BCUT2D eigenvalue weighted by atomic mass is 32.1. The maximum atomic E-state index is 5.98. The van der Waals surface area contributed by atoms with Crippen LogP contribution in [0, 0.1) is 6.92 Å². The molecule has 2 N–H and O–H groups in total. The van der Waals surface area contributed by atoms with Crippen LogP contribution in [0.15, 0.2) is 24.8 Å². The van der Waals surface area contributed by atoms with Crippen molar-refractivity contribution in [3.63, 3.8) is 0 Å². The Bertz CT molecular complexity index is 641. The average molecular weight is 231 g/mol. The van der Waals surface area contributed by atoms with Crippen molar-refractivity contribution in [2.45, 2.75) is 6.92 Å². The highest BCUT2D eigenvalue weighted by Crippen LogP contribution is 2.28. The summed E-state index contributed by atoms with van der Waals surface area (Å²) in [5, 5.41) is 5.09. The minimum absolute atomic E-state index is 0.682. The number of hydrogen-bond donors (Lipinski definition) is 1. The first-order chi connectivity index (χ1) is 7.74. The second-order valence-corrected chi connectivity index (χ2v) is 4.69. The third kappa shape index (κ3) is 1.35. The summed E-state index contributed by atoms with van der Waals surface area (Å²) < 4.78 is 2.74. The predicted octanol–water partition coefficient (Wildman–Crippen LogP) is 1.77. The summed E-state index contributed by atoms with van der Waals surface area (Å²) in [6.07, 6.45) is 3.10. The largest absolute Gasteiger partial charge is 0.397 e. The van der Waals surface area contributed by atoms with Crippen molar-refractivity contribution in [3.8, 4) is 5.69 Å². The van der Waals surface area contributed by atoms with Gasteiger partial charge in [0.25, 0.3) is 0 Å². The molecule has 6 heteroatoms. The van der Waals surface area contributed by atoms with E-state index in [4.69, 9.17) is 5.73 Å². The molecular weight excluding hydrogens is 222 g/mol. The number of thiazole rings is 1. The number of nitrogens with two attached hydrogens (primary N) is 1. The molecule has 0 fully saturated rings. The lowest BCUT2D eigenvalue weighted by Gasteiger charge is -2.04. The Morgan fingerprint density at radius 2 is 2.25 bits per heavy atom. The van der Waals surface area contributed by atoms with Gasteiger partial charge in [0.05, 0.1) is 26.6 Å². The van der Waals surface area contributed by atoms with E-state index in [2.05, 4.69) is 15.1 Å². The number of fused-ring (bicyclic) bond motifs is 1. The molecule has 0 aliphatic carbocycles. The van der Waals surface area contributed by atoms with Crippen LogP contribution in [0.2, 0.25) is 0 Å². The fourth-order valence-electron chi connectivity index (χ4n) is 1.62. The van der Waals surface area contributed by atoms with Gasteiger partial charge in [-0.05, 0) is 19.1 Å². The second-order valence-electron chi connectivity index (χ2n) is 3.45. The van der Waals surface area contributed by atoms with Gasteiger partial charge >= 0.3 is 0 Å².